The van der Waals surface area contributed by atoms with Crippen LogP contribution in [0.1, 0.15) is 25.7 Å². The second kappa shape index (κ2) is 11.8. The van der Waals surface area contributed by atoms with E-state index in [1.165, 1.54) is 30.8 Å². The Hall–Kier alpha value is -5.20. The zero-order chi connectivity index (χ0) is 33.1. The van der Waals surface area contributed by atoms with Crippen molar-refractivity contribution in [3.63, 3.8) is 0 Å². The van der Waals surface area contributed by atoms with Crippen LogP contribution >= 0.6 is 23.2 Å². The topological polar surface area (TPSA) is 131 Å². The van der Waals surface area contributed by atoms with Crippen molar-refractivity contribution in [3.8, 4) is 33.4 Å². The third kappa shape index (κ3) is 5.26. The fourth-order valence-corrected chi connectivity index (χ4v) is 7.06. The first-order valence-electron chi connectivity index (χ1n) is 15.4. The molecule has 0 amide bonds. The van der Waals surface area contributed by atoms with E-state index in [-0.39, 0.29) is 48.4 Å². The van der Waals surface area contributed by atoms with Gasteiger partial charge in [0.15, 0.2) is 0 Å². The van der Waals surface area contributed by atoms with E-state index in [4.69, 9.17) is 32.7 Å². The second-order valence-corrected chi connectivity index (χ2v) is 12.7. The maximum Gasteiger partial charge on any atom is 0.306 e. The highest BCUT2D eigenvalue weighted by molar-refractivity contribution is 6.39. The molecule has 48 heavy (non-hydrogen) atoms. The summed E-state index contributed by atoms with van der Waals surface area (Å²) in [6.07, 6.45) is 7.46. The van der Waals surface area contributed by atoms with Crippen LogP contribution in [-0.2, 0) is 32.2 Å². The predicted molar refractivity (Wildman–Crippen MR) is 177 cm³/mol. The maximum atomic E-state index is 13.3. The van der Waals surface area contributed by atoms with Crippen LogP contribution in [0.5, 0.6) is 0 Å². The molecular formula is C34H26Cl2N6O6. The van der Waals surface area contributed by atoms with Gasteiger partial charge in [0, 0.05) is 58.6 Å². The minimum Gasteiger partial charge on any atom is -0.460 e. The molecule has 2 unspecified atom stereocenters. The molecule has 2 fully saturated rings. The van der Waals surface area contributed by atoms with Crippen molar-refractivity contribution >= 4 is 46.2 Å². The standard InChI is InChI=1S/C34H26Cl2N6O6/c35-31-23(19-11-27-33(45)39(17-37-41(27)13-19)15-21-7-9-29(43)47-21)3-1-5-25(31)26-6-2-4-24(32(26)36)20-12-28-34(46)40(18-38-42(28)14-20)16-22-8-10-30(44)48-22/h1-6,11-14,17-18,21-22H,7-10,15-16H2. The number of benzene rings is 2. The molecule has 2 atom stereocenters. The van der Waals surface area contributed by atoms with E-state index in [9.17, 15) is 19.2 Å². The summed E-state index contributed by atoms with van der Waals surface area (Å²) in [5.41, 5.74) is 4.31. The third-order valence-electron chi connectivity index (χ3n) is 8.84. The van der Waals surface area contributed by atoms with Gasteiger partial charge in [-0.3, -0.25) is 28.3 Å². The monoisotopic (exact) mass is 684 g/mol. The Morgan fingerprint density at radius 1 is 0.646 bits per heavy atom. The summed E-state index contributed by atoms with van der Waals surface area (Å²) in [7, 11) is 0. The largest absolute Gasteiger partial charge is 0.460 e. The van der Waals surface area contributed by atoms with Crippen molar-refractivity contribution in [1.29, 1.82) is 0 Å². The minimum atomic E-state index is -0.356. The fraction of sp³-hybridized carbons (Fsp3) is 0.235. The van der Waals surface area contributed by atoms with Crippen LogP contribution in [-0.4, -0.2) is 52.5 Å². The number of aromatic nitrogens is 6. The van der Waals surface area contributed by atoms with Crippen LogP contribution < -0.4 is 11.1 Å². The summed E-state index contributed by atoms with van der Waals surface area (Å²) in [5.74, 6) is -0.525. The molecule has 242 valence electrons. The smallest absolute Gasteiger partial charge is 0.306 e. The van der Waals surface area contributed by atoms with Crippen molar-refractivity contribution in [2.45, 2.75) is 51.0 Å². The fourth-order valence-electron chi connectivity index (χ4n) is 6.39. The van der Waals surface area contributed by atoms with E-state index in [1.807, 2.05) is 36.4 Å². The van der Waals surface area contributed by atoms with E-state index in [2.05, 4.69) is 10.2 Å². The Morgan fingerprint density at radius 3 is 1.46 bits per heavy atom. The van der Waals surface area contributed by atoms with Gasteiger partial charge in [0.05, 0.1) is 23.1 Å². The Morgan fingerprint density at radius 2 is 1.06 bits per heavy atom. The first-order valence-corrected chi connectivity index (χ1v) is 16.1. The lowest BCUT2D eigenvalue weighted by molar-refractivity contribution is -0.142. The number of cyclic esters (lactones) is 2. The lowest BCUT2D eigenvalue weighted by Crippen LogP contribution is -2.28. The van der Waals surface area contributed by atoms with Crippen molar-refractivity contribution in [2.75, 3.05) is 0 Å². The summed E-state index contributed by atoms with van der Waals surface area (Å²) in [5, 5.41) is 9.67. The highest BCUT2D eigenvalue weighted by Gasteiger charge is 2.26. The third-order valence-corrected chi connectivity index (χ3v) is 9.65. The second-order valence-electron chi connectivity index (χ2n) is 11.9. The molecular weight excluding hydrogens is 659 g/mol. The number of carbonyl (C=O) groups is 2. The maximum absolute atomic E-state index is 13.3. The Balaban J connectivity index is 1.12. The first kappa shape index (κ1) is 30.2. The highest BCUT2D eigenvalue weighted by Crippen LogP contribution is 2.42. The molecule has 14 heteroatoms. The molecule has 2 aliphatic rings. The Kier molecular flexibility index (Phi) is 7.41. The normalized spacial score (nSPS) is 17.8. The van der Waals surface area contributed by atoms with E-state index < -0.39 is 0 Å². The molecule has 2 saturated heterocycles. The zero-order valence-electron chi connectivity index (χ0n) is 25.2. The minimum absolute atomic E-state index is 0.237. The number of nitrogens with zero attached hydrogens (tertiary/aromatic N) is 6. The van der Waals surface area contributed by atoms with Gasteiger partial charge < -0.3 is 9.47 Å². The lowest BCUT2D eigenvalue weighted by Gasteiger charge is -2.13. The SMILES string of the molecule is O=C1CCC(Cn2cnn3cc(-c4cccc(-c5cccc(-c6cc7c(=O)n(CC8CCC(=O)O8)cnn7c6)c5Cl)c4Cl)cc3c2=O)O1. The highest BCUT2D eigenvalue weighted by atomic mass is 35.5. The number of esters is 2. The van der Waals surface area contributed by atoms with Gasteiger partial charge in [-0.25, -0.2) is 9.03 Å². The number of hydrogen-bond donors (Lipinski definition) is 0. The summed E-state index contributed by atoms with van der Waals surface area (Å²) < 4.78 is 16.5. The molecule has 2 aliphatic heterocycles. The molecule has 12 nitrogen and oxygen atoms in total. The zero-order valence-corrected chi connectivity index (χ0v) is 26.7. The molecule has 0 aliphatic carbocycles. The predicted octanol–water partition coefficient (Wildman–Crippen LogP) is 5.02. The molecule has 0 radical (unpaired) electrons. The van der Waals surface area contributed by atoms with Crippen LogP contribution in [0.25, 0.3) is 44.4 Å². The van der Waals surface area contributed by atoms with Crippen molar-refractivity contribution < 1.29 is 19.1 Å². The average molecular weight is 686 g/mol. The van der Waals surface area contributed by atoms with E-state index in [0.29, 0.717) is 80.1 Å². The lowest BCUT2D eigenvalue weighted by atomic mass is 9.97. The summed E-state index contributed by atoms with van der Waals surface area (Å²) in [4.78, 5) is 49.6. The van der Waals surface area contributed by atoms with Crippen molar-refractivity contribution in [1.82, 2.24) is 28.4 Å². The van der Waals surface area contributed by atoms with E-state index in [1.54, 1.807) is 24.5 Å². The van der Waals surface area contributed by atoms with Gasteiger partial charge in [-0.2, -0.15) is 10.2 Å². The Labute approximate surface area is 281 Å². The summed E-state index contributed by atoms with van der Waals surface area (Å²) in [6.45, 7) is 0.474. The number of hydrogen-bond acceptors (Lipinski definition) is 8. The molecule has 2 aromatic carbocycles. The molecule has 0 bridgehead atoms. The van der Waals surface area contributed by atoms with Crippen LogP contribution in [0.4, 0.5) is 0 Å². The molecule has 0 spiro atoms. The van der Waals surface area contributed by atoms with Gasteiger partial charge in [0.25, 0.3) is 11.1 Å². The van der Waals surface area contributed by atoms with Gasteiger partial charge in [-0.1, -0.05) is 59.6 Å². The average Bonchev–Trinajstić information content (AvgIpc) is 3.88. The number of ether oxygens (including phenoxy) is 2. The van der Waals surface area contributed by atoms with Crippen LogP contribution in [0.3, 0.4) is 0 Å². The van der Waals surface area contributed by atoms with Crippen LogP contribution in [0.15, 0.2) is 83.2 Å². The van der Waals surface area contributed by atoms with Gasteiger partial charge in [0.1, 0.15) is 35.9 Å². The first-order chi connectivity index (χ1) is 23.2. The van der Waals surface area contributed by atoms with Crippen LogP contribution in [0, 0.1) is 0 Å². The molecule has 6 aromatic rings. The molecule has 6 heterocycles. The summed E-state index contributed by atoms with van der Waals surface area (Å²) in [6, 6.07) is 14.7. The van der Waals surface area contributed by atoms with E-state index >= 15 is 0 Å². The van der Waals surface area contributed by atoms with Crippen molar-refractivity contribution in [2.24, 2.45) is 0 Å². The number of carbonyl (C=O) groups excluding carboxylic acids is 2. The summed E-state index contributed by atoms with van der Waals surface area (Å²) >= 11 is 14.1. The Bertz CT molecular complexity index is 2240. The van der Waals surface area contributed by atoms with Crippen molar-refractivity contribution in [3.05, 3.63) is 104 Å². The van der Waals surface area contributed by atoms with Gasteiger partial charge in [-0.05, 0) is 25.0 Å². The quantitative estimate of drug-likeness (QED) is 0.214. The molecule has 4 aromatic heterocycles. The molecule has 0 saturated carbocycles. The van der Waals surface area contributed by atoms with Crippen LogP contribution in [0.2, 0.25) is 10.0 Å². The number of rotatable bonds is 7. The van der Waals surface area contributed by atoms with Gasteiger partial charge >= 0.3 is 11.9 Å². The molecule has 8 rings (SSSR count). The number of fused-ring (bicyclic) bond motifs is 2. The van der Waals surface area contributed by atoms with Gasteiger partial charge in [-0.15, -0.1) is 0 Å². The van der Waals surface area contributed by atoms with Gasteiger partial charge in [0.2, 0.25) is 0 Å². The molecule has 0 N–H and O–H groups in total. The number of halogens is 2. The van der Waals surface area contributed by atoms with E-state index in [0.717, 1.165) is 0 Å².